The van der Waals surface area contributed by atoms with Crippen LogP contribution in [0, 0.1) is 22.7 Å². The molecule has 6 nitrogen and oxygen atoms in total. The van der Waals surface area contributed by atoms with E-state index in [4.69, 9.17) is 0 Å². The maximum atomic E-state index is 11.8. The van der Waals surface area contributed by atoms with Gasteiger partial charge in [-0.2, -0.15) is 10.5 Å². The molecule has 0 aromatic heterocycles. The highest BCUT2D eigenvalue weighted by Gasteiger charge is 2.38. The van der Waals surface area contributed by atoms with E-state index < -0.39 is 5.72 Å². The first-order valence-electron chi connectivity index (χ1n) is 10.2. The van der Waals surface area contributed by atoms with Crippen LogP contribution in [0.1, 0.15) is 31.9 Å². The Labute approximate surface area is 183 Å². The number of aliphatic hydroxyl groups is 1. The number of hydrogen-bond acceptors (Lipinski definition) is 6. The first-order valence-corrected chi connectivity index (χ1v) is 10.2. The van der Waals surface area contributed by atoms with Crippen molar-refractivity contribution in [1.82, 2.24) is 5.32 Å². The summed E-state index contributed by atoms with van der Waals surface area (Å²) in [6, 6.07) is 20.9. The standard InChI is InChI=1S/C25H25N5O/c1-4-30(5-2)21-13-11-19(12-14-21)15-22-18(3)28-23(16-26)24(17-27)29-25(22,31)20-9-7-6-8-10-20/h6-15,29,31H,4-5H2,1-3H3. The number of hydrogen-bond donors (Lipinski definition) is 2. The number of rotatable bonds is 5. The summed E-state index contributed by atoms with van der Waals surface area (Å²) < 4.78 is 0. The molecule has 1 unspecified atom stereocenters. The predicted molar refractivity (Wildman–Crippen MR) is 123 cm³/mol. The van der Waals surface area contributed by atoms with E-state index in [0.717, 1.165) is 24.3 Å². The lowest BCUT2D eigenvalue weighted by atomic mass is 9.89. The van der Waals surface area contributed by atoms with E-state index in [2.05, 4.69) is 29.1 Å². The van der Waals surface area contributed by atoms with E-state index >= 15 is 0 Å². The minimum atomic E-state index is -1.73. The molecule has 0 saturated heterocycles. The normalized spacial score (nSPS) is 19.7. The molecule has 0 amide bonds. The Morgan fingerprint density at radius 2 is 1.68 bits per heavy atom. The van der Waals surface area contributed by atoms with Crippen molar-refractivity contribution in [3.63, 3.8) is 0 Å². The summed E-state index contributed by atoms with van der Waals surface area (Å²) in [5, 5.41) is 33.7. The number of nitriles is 2. The van der Waals surface area contributed by atoms with Gasteiger partial charge in [-0.3, -0.25) is 0 Å². The molecular formula is C25H25N5O. The zero-order chi connectivity index (χ0) is 22.4. The molecule has 1 aliphatic heterocycles. The number of nitrogens with zero attached hydrogens (tertiary/aromatic N) is 4. The predicted octanol–water partition coefficient (Wildman–Crippen LogP) is 4.08. The maximum absolute atomic E-state index is 11.8. The third-order valence-electron chi connectivity index (χ3n) is 5.34. The van der Waals surface area contributed by atoms with Crippen molar-refractivity contribution in [3.8, 4) is 12.1 Å². The van der Waals surface area contributed by atoms with Gasteiger partial charge in [0.1, 0.15) is 12.1 Å². The lowest BCUT2D eigenvalue weighted by molar-refractivity contribution is 0.0585. The molecule has 156 valence electrons. The van der Waals surface area contributed by atoms with Gasteiger partial charge in [0.2, 0.25) is 0 Å². The van der Waals surface area contributed by atoms with E-state index in [1.54, 1.807) is 19.1 Å². The zero-order valence-corrected chi connectivity index (χ0v) is 17.9. The zero-order valence-electron chi connectivity index (χ0n) is 17.9. The fourth-order valence-electron chi connectivity index (χ4n) is 3.67. The highest BCUT2D eigenvalue weighted by molar-refractivity contribution is 6.05. The van der Waals surface area contributed by atoms with Gasteiger partial charge in [0.15, 0.2) is 17.1 Å². The Bertz CT molecular complexity index is 1110. The van der Waals surface area contributed by atoms with Gasteiger partial charge in [-0.05, 0) is 44.5 Å². The molecule has 6 heteroatoms. The molecule has 3 rings (SSSR count). The first kappa shape index (κ1) is 21.8. The Morgan fingerprint density at radius 3 is 2.23 bits per heavy atom. The van der Waals surface area contributed by atoms with Crippen LogP contribution in [-0.2, 0) is 5.72 Å². The second-order valence-electron chi connectivity index (χ2n) is 7.17. The molecule has 0 fully saturated rings. The lowest BCUT2D eigenvalue weighted by Crippen LogP contribution is -2.44. The van der Waals surface area contributed by atoms with E-state index in [-0.39, 0.29) is 11.4 Å². The van der Waals surface area contributed by atoms with Gasteiger partial charge in [-0.1, -0.05) is 42.5 Å². The van der Waals surface area contributed by atoms with Crippen molar-refractivity contribution >= 4 is 17.5 Å². The van der Waals surface area contributed by atoms with E-state index in [9.17, 15) is 15.6 Å². The number of anilines is 1. The van der Waals surface area contributed by atoms with Crippen LogP contribution in [0.25, 0.3) is 6.08 Å². The highest BCUT2D eigenvalue weighted by Crippen LogP contribution is 2.33. The van der Waals surface area contributed by atoms with Crippen molar-refractivity contribution < 1.29 is 5.11 Å². The van der Waals surface area contributed by atoms with Crippen molar-refractivity contribution in [2.45, 2.75) is 26.5 Å². The molecule has 2 aromatic rings. The molecule has 0 saturated carbocycles. The summed E-state index contributed by atoms with van der Waals surface area (Å²) >= 11 is 0. The fourth-order valence-corrected chi connectivity index (χ4v) is 3.67. The smallest absolute Gasteiger partial charge is 0.191 e. The summed E-state index contributed by atoms with van der Waals surface area (Å²) in [6.45, 7) is 7.79. The molecule has 0 radical (unpaired) electrons. The number of aliphatic imine (C=N–C) groups is 1. The summed E-state index contributed by atoms with van der Waals surface area (Å²) in [5.74, 6) is 0. The SMILES string of the molecule is CCN(CC)c1ccc(C=C2C(C)=NC(C#N)=C(C#N)NC2(O)c2ccccc2)cc1. The van der Waals surface area contributed by atoms with Crippen LogP contribution in [-0.4, -0.2) is 23.9 Å². The highest BCUT2D eigenvalue weighted by atomic mass is 16.3. The molecule has 1 atom stereocenters. The van der Waals surface area contributed by atoms with Crippen molar-refractivity contribution in [1.29, 1.82) is 10.5 Å². The number of nitrogens with one attached hydrogen (secondary N) is 1. The van der Waals surface area contributed by atoms with E-state index in [1.165, 1.54) is 0 Å². The Balaban J connectivity index is 2.16. The molecule has 0 aliphatic carbocycles. The van der Waals surface area contributed by atoms with Crippen LogP contribution < -0.4 is 10.2 Å². The lowest BCUT2D eigenvalue weighted by Gasteiger charge is -2.31. The van der Waals surface area contributed by atoms with Crippen LogP contribution >= 0.6 is 0 Å². The maximum Gasteiger partial charge on any atom is 0.191 e. The third-order valence-corrected chi connectivity index (χ3v) is 5.34. The molecule has 1 heterocycles. The van der Waals surface area contributed by atoms with Gasteiger partial charge >= 0.3 is 0 Å². The molecular weight excluding hydrogens is 386 g/mol. The van der Waals surface area contributed by atoms with Crippen molar-refractivity contribution in [2.75, 3.05) is 18.0 Å². The average molecular weight is 412 g/mol. The van der Waals surface area contributed by atoms with Gasteiger partial charge in [0.05, 0.1) is 0 Å². The van der Waals surface area contributed by atoms with Crippen LogP contribution in [0.15, 0.2) is 76.6 Å². The Kier molecular flexibility index (Phi) is 6.55. The molecule has 0 bridgehead atoms. The van der Waals surface area contributed by atoms with Gasteiger partial charge in [-0.15, -0.1) is 0 Å². The largest absolute Gasteiger partial charge is 0.372 e. The first-order chi connectivity index (χ1) is 15.0. The second-order valence-corrected chi connectivity index (χ2v) is 7.17. The quantitative estimate of drug-likeness (QED) is 0.773. The molecule has 31 heavy (non-hydrogen) atoms. The van der Waals surface area contributed by atoms with E-state index in [1.807, 2.05) is 60.7 Å². The molecule has 1 aliphatic rings. The van der Waals surface area contributed by atoms with Crippen LogP contribution in [0.4, 0.5) is 5.69 Å². The minimum Gasteiger partial charge on any atom is -0.372 e. The Morgan fingerprint density at radius 1 is 1.03 bits per heavy atom. The number of allylic oxidation sites excluding steroid dienone is 2. The number of benzene rings is 2. The van der Waals surface area contributed by atoms with Crippen LogP contribution in [0.2, 0.25) is 0 Å². The summed E-state index contributed by atoms with van der Waals surface area (Å²) in [6.07, 6.45) is 1.83. The summed E-state index contributed by atoms with van der Waals surface area (Å²) in [5.41, 5.74) is 1.59. The monoisotopic (exact) mass is 411 g/mol. The summed E-state index contributed by atoms with van der Waals surface area (Å²) in [4.78, 5) is 6.58. The molecule has 2 N–H and O–H groups in total. The molecule has 2 aromatic carbocycles. The second kappa shape index (κ2) is 9.30. The van der Waals surface area contributed by atoms with Gasteiger partial charge in [0, 0.05) is 35.6 Å². The van der Waals surface area contributed by atoms with Crippen molar-refractivity contribution in [2.24, 2.45) is 4.99 Å². The average Bonchev–Trinajstić information content (AvgIpc) is 2.91. The Hall–Kier alpha value is -3.87. The van der Waals surface area contributed by atoms with Crippen LogP contribution in [0.3, 0.4) is 0 Å². The van der Waals surface area contributed by atoms with E-state index in [0.29, 0.717) is 16.8 Å². The fraction of sp³-hybridized carbons (Fsp3) is 0.240. The molecule has 0 spiro atoms. The van der Waals surface area contributed by atoms with Gasteiger partial charge in [-0.25, -0.2) is 4.99 Å². The minimum absolute atomic E-state index is 0.0605. The van der Waals surface area contributed by atoms with Crippen LogP contribution in [0.5, 0.6) is 0 Å². The summed E-state index contributed by atoms with van der Waals surface area (Å²) in [7, 11) is 0. The van der Waals surface area contributed by atoms with Gasteiger partial charge in [0.25, 0.3) is 0 Å². The van der Waals surface area contributed by atoms with Crippen molar-refractivity contribution in [3.05, 3.63) is 82.7 Å². The third kappa shape index (κ3) is 4.35. The topological polar surface area (TPSA) is 95.4 Å². The van der Waals surface area contributed by atoms with Gasteiger partial charge < -0.3 is 15.3 Å².